The smallest absolute Gasteiger partial charge is 0.288 e. The quantitative estimate of drug-likeness (QED) is 0.322. The summed E-state index contributed by atoms with van der Waals surface area (Å²) in [6, 6.07) is 14.5. The third-order valence-corrected chi connectivity index (χ3v) is 4.86. The first-order valence-electron chi connectivity index (χ1n) is 8.82. The molecule has 3 heterocycles. The maximum Gasteiger partial charge on any atom is 0.288 e. The summed E-state index contributed by atoms with van der Waals surface area (Å²) in [7, 11) is 0. The van der Waals surface area contributed by atoms with Crippen molar-refractivity contribution < 1.29 is 22.8 Å². The Morgan fingerprint density at radius 1 is 0.793 bits per heavy atom. The lowest BCUT2D eigenvalue weighted by atomic mass is 10.0. The maximum absolute atomic E-state index is 12.8. The number of benzene rings is 2. The van der Waals surface area contributed by atoms with Gasteiger partial charge in [0.15, 0.2) is 17.3 Å². The van der Waals surface area contributed by atoms with Crippen molar-refractivity contribution in [3.63, 3.8) is 0 Å². The summed E-state index contributed by atoms with van der Waals surface area (Å²) in [5.74, 6) is 0.0558. The molecule has 0 radical (unpaired) electrons. The molecule has 5 aromatic rings. The number of hydrogen-bond acceptors (Lipinski definition) is 7. The zero-order valence-corrected chi connectivity index (χ0v) is 14.7. The number of Topliss-reactive ketones (excluding diaryl/α,β-unsaturated/α-hetero) is 2. The third-order valence-electron chi connectivity index (χ3n) is 4.86. The minimum Gasteiger partial charge on any atom is -0.459 e. The molecule has 0 bridgehead atoms. The summed E-state index contributed by atoms with van der Waals surface area (Å²) < 4.78 is 16.3. The van der Waals surface area contributed by atoms with Crippen molar-refractivity contribution in [2.24, 2.45) is 0 Å². The third kappa shape index (κ3) is 2.31. The number of carbonyl (C=O) groups is 2. The van der Waals surface area contributed by atoms with Crippen LogP contribution in [0.15, 0.2) is 73.6 Å². The van der Waals surface area contributed by atoms with Gasteiger partial charge in [-0.3, -0.25) is 9.59 Å². The Morgan fingerprint density at radius 2 is 1.48 bits per heavy atom. The van der Waals surface area contributed by atoms with E-state index in [4.69, 9.17) is 13.3 Å². The molecule has 1 aliphatic carbocycles. The Kier molecular flexibility index (Phi) is 3.05. The number of hydrogen-bond donors (Lipinski definition) is 0. The van der Waals surface area contributed by atoms with E-state index in [1.54, 1.807) is 24.3 Å². The molecule has 0 saturated carbocycles. The van der Waals surface area contributed by atoms with E-state index in [1.807, 2.05) is 24.3 Å². The second kappa shape index (κ2) is 5.62. The molecule has 0 aliphatic heterocycles. The number of ketones is 2. The van der Waals surface area contributed by atoms with Crippen LogP contribution in [0.1, 0.15) is 26.6 Å². The molecule has 2 aromatic carbocycles. The molecule has 1 aliphatic rings. The second-order valence-electron chi connectivity index (χ2n) is 6.62. The SMILES string of the molecule is O=C1C(=Cc2nc3oc(-c4ccco4)nc3o2)C(=O)c2cc3ccccc3cc21. The standard InChI is InChI=1S/C22H10N2O5/c25-18-13-8-11-4-1-2-5-12(11)9-14(13)19(26)15(18)10-17-23-21-22(28-17)24-20(29-21)16-6-3-7-27-16/h1-10H. The van der Waals surface area contributed by atoms with Gasteiger partial charge in [0.05, 0.1) is 11.8 Å². The monoisotopic (exact) mass is 382 g/mol. The van der Waals surface area contributed by atoms with Crippen molar-refractivity contribution in [2.45, 2.75) is 0 Å². The van der Waals surface area contributed by atoms with Crippen molar-refractivity contribution in [2.75, 3.05) is 0 Å². The first-order valence-corrected chi connectivity index (χ1v) is 8.82. The molecule has 0 saturated heterocycles. The van der Waals surface area contributed by atoms with Crippen molar-refractivity contribution in [1.29, 1.82) is 0 Å². The van der Waals surface area contributed by atoms with Crippen LogP contribution >= 0.6 is 0 Å². The summed E-state index contributed by atoms with van der Waals surface area (Å²) >= 11 is 0. The Balaban J connectivity index is 1.41. The topological polar surface area (TPSA) is 99.3 Å². The number of carbonyl (C=O) groups excluding carboxylic acids is 2. The number of allylic oxidation sites excluding steroid dienone is 1. The molecule has 7 nitrogen and oxygen atoms in total. The van der Waals surface area contributed by atoms with E-state index in [0.29, 0.717) is 16.9 Å². The van der Waals surface area contributed by atoms with Crippen LogP contribution in [-0.4, -0.2) is 21.5 Å². The minimum atomic E-state index is -0.352. The van der Waals surface area contributed by atoms with Gasteiger partial charge in [0.25, 0.3) is 17.3 Å². The van der Waals surface area contributed by atoms with Gasteiger partial charge in [0.2, 0.25) is 5.89 Å². The molecule has 3 aromatic heterocycles. The lowest BCUT2D eigenvalue weighted by Gasteiger charge is -2.00. The normalized spacial score (nSPS) is 13.6. The Labute approximate surface area is 162 Å². The first kappa shape index (κ1) is 15.8. The van der Waals surface area contributed by atoms with E-state index >= 15 is 0 Å². The van der Waals surface area contributed by atoms with Crippen LogP contribution in [0.4, 0.5) is 0 Å². The summed E-state index contributed by atoms with van der Waals surface area (Å²) in [5.41, 5.74) is 1.08. The molecular formula is C22H10N2O5. The van der Waals surface area contributed by atoms with Crippen LogP contribution in [-0.2, 0) is 0 Å². The number of nitrogens with zero attached hydrogens (tertiary/aromatic N) is 2. The van der Waals surface area contributed by atoms with Crippen LogP contribution in [0, 0.1) is 0 Å². The predicted octanol–water partition coefficient (Wildman–Crippen LogP) is 4.69. The van der Waals surface area contributed by atoms with E-state index in [9.17, 15) is 9.59 Å². The van der Waals surface area contributed by atoms with Gasteiger partial charge in [-0.05, 0) is 35.0 Å². The Bertz CT molecular complexity index is 1400. The highest BCUT2D eigenvalue weighted by atomic mass is 16.4. The second-order valence-corrected chi connectivity index (χ2v) is 6.62. The van der Waals surface area contributed by atoms with Gasteiger partial charge in [-0.25, -0.2) is 0 Å². The van der Waals surface area contributed by atoms with Gasteiger partial charge in [-0.15, -0.1) is 0 Å². The molecule has 0 amide bonds. The van der Waals surface area contributed by atoms with Crippen LogP contribution in [0.3, 0.4) is 0 Å². The molecule has 6 rings (SSSR count). The molecule has 29 heavy (non-hydrogen) atoms. The molecule has 0 spiro atoms. The molecule has 138 valence electrons. The molecular weight excluding hydrogens is 372 g/mol. The van der Waals surface area contributed by atoms with E-state index in [0.717, 1.165) is 10.8 Å². The fourth-order valence-corrected chi connectivity index (χ4v) is 3.49. The van der Waals surface area contributed by atoms with E-state index < -0.39 is 0 Å². The Hall–Kier alpha value is -4.26. The van der Waals surface area contributed by atoms with Crippen molar-refractivity contribution in [3.8, 4) is 11.7 Å². The van der Waals surface area contributed by atoms with E-state index in [2.05, 4.69) is 9.97 Å². The van der Waals surface area contributed by atoms with E-state index in [-0.39, 0.29) is 40.3 Å². The zero-order chi connectivity index (χ0) is 19.5. The maximum atomic E-state index is 12.8. The number of oxazole rings is 2. The summed E-state index contributed by atoms with van der Waals surface area (Å²) in [6.45, 7) is 0. The van der Waals surface area contributed by atoms with Crippen molar-refractivity contribution in [3.05, 3.63) is 77.4 Å². The van der Waals surface area contributed by atoms with Gasteiger partial charge in [-0.1, -0.05) is 24.3 Å². The molecule has 0 atom stereocenters. The average Bonchev–Trinajstić information content (AvgIpc) is 3.48. The fourth-order valence-electron chi connectivity index (χ4n) is 3.49. The van der Waals surface area contributed by atoms with Gasteiger partial charge in [-0.2, -0.15) is 9.97 Å². The largest absolute Gasteiger partial charge is 0.459 e. The van der Waals surface area contributed by atoms with Gasteiger partial charge in [0.1, 0.15) is 0 Å². The minimum absolute atomic E-state index is 0.00506. The zero-order valence-electron chi connectivity index (χ0n) is 14.7. The van der Waals surface area contributed by atoms with Crippen molar-refractivity contribution >= 4 is 39.8 Å². The molecule has 0 fully saturated rings. The number of rotatable bonds is 2. The number of furan rings is 1. The van der Waals surface area contributed by atoms with Gasteiger partial charge < -0.3 is 13.3 Å². The fraction of sp³-hybridized carbons (Fsp3) is 0. The summed E-state index contributed by atoms with van der Waals surface area (Å²) in [6.07, 6.45) is 2.84. The average molecular weight is 382 g/mol. The van der Waals surface area contributed by atoms with Crippen LogP contribution in [0.2, 0.25) is 0 Å². The highest BCUT2D eigenvalue weighted by Gasteiger charge is 2.34. The summed E-state index contributed by atoms with van der Waals surface area (Å²) in [5, 5.41) is 1.80. The molecule has 0 unspecified atom stereocenters. The number of aromatic nitrogens is 2. The van der Waals surface area contributed by atoms with Crippen LogP contribution < -0.4 is 0 Å². The van der Waals surface area contributed by atoms with Gasteiger partial charge in [0, 0.05) is 17.2 Å². The lowest BCUT2D eigenvalue weighted by Crippen LogP contribution is -2.00. The first-order chi connectivity index (χ1) is 14.2. The van der Waals surface area contributed by atoms with Crippen LogP contribution in [0.25, 0.3) is 39.9 Å². The molecule has 0 N–H and O–H groups in total. The highest BCUT2D eigenvalue weighted by molar-refractivity contribution is 6.41. The molecule has 7 heteroatoms. The van der Waals surface area contributed by atoms with E-state index in [1.165, 1.54) is 12.3 Å². The Morgan fingerprint density at radius 3 is 2.10 bits per heavy atom. The van der Waals surface area contributed by atoms with Crippen LogP contribution in [0.5, 0.6) is 0 Å². The lowest BCUT2D eigenvalue weighted by molar-refractivity contribution is 0.0990. The van der Waals surface area contributed by atoms with Gasteiger partial charge >= 0.3 is 0 Å². The number of fused-ring (bicyclic) bond motifs is 3. The highest BCUT2D eigenvalue weighted by Crippen LogP contribution is 2.32. The van der Waals surface area contributed by atoms with Crippen molar-refractivity contribution in [1.82, 2.24) is 9.97 Å². The summed E-state index contributed by atoms with van der Waals surface area (Å²) in [4.78, 5) is 34.0. The predicted molar refractivity (Wildman–Crippen MR) is 102 cm³/mol.